The quantitative estimate of drug-likeness (QED) is 0.362. The van der Waals surface area contributed by atoms with Crippen LogP contribution in [0.15, 0.2) is 34.3 Å². The van der Waals surface area contributed by atoms with E-state index in [1.807, 2.05) is 0 Å². The lowest BCUT2D eigenvalue weighted by Crippen LogP contribution is -2.22. The van der Waals surface area contributed by atoms with E-state index in [4.69, 9.17) is 44.9 Å². The summed E-state index contributed by atoms with van der Waals surface area (Å²) in [4.78, 5) is 13.0. The Morgan fingerprint density at radius 2 is 1.57 bits per heavy atom. The summed E-state index contributed by atoms with van der Waals surface area (Å²) in [6.07, 6.45) is 2.88. The van der Waals surface area contributed by atoms with Gasteiger partial charge in [0, 0.05) is 17.7 Å². The van der Waals surface area contributed by atoms with Crippen LogP contribution in [0.5, 0.6) is 23.0 Å². The first kappa shape index (κ1) is 22.2. The van der Waals surface area contributed by atoms with Crippen LogP contribution in [-0.4, -0.2) is 45.9 Å². The number of thiocarbonyl (C=S) groups is 1. The molecule has 0 unspecified atom stereocenters. The fraction of sp³-hybridized carbons (Fsp3) is 0.105. The number of carbonyl (C=O) groups excluding carboxylic acids is 1. The topological polar surface area (TPSA) is 91.6 Å². The molecular formula is C19H14Cl2N2O5S2. The van der Waals surface area contributed by atoms with Gasteiger partial charge in [-0.1, -0.05) is 35.0 Å². The number of amides is 1. The Kier molecular flexibility index (Phi) is 6.77. The zero-order valence-corrected chi connectivity index (χ0v) is 18.7. The molecule has 0 atom stereocenters. The van der Waals surface area contributed by atoms with Crippen molar-refractivity contribution < 1.29 is 24.5 Å². The minimum absolute atomic E-state index is 0.113. The van der Waals surface area contributed by atoms with Gasteiger partial charge in [-0.3, -0.25) is 4.79 Å². The van der Waals surface area contributed by atoms with Gasteiger partial charge in [-0.05, 0) is 36.0 Å². The molecule has 0 aromatic heterocycles. The number of halogens is 2. The van der Waals surface area contributed by atoms with E-state index >= 15 is 0 Å². The zero-order valence-electron chi connectivity index (χ0n) is 15.6. The Morgan fingerprint density at radius 3 is 2.13 bits per heavy atom. The number of thioether (sulfide) groups is 1. The summed E-state index contributed by atoms with van der Waals surface area (Å²) in [6.45, 7) is 0. The molecule has 2 aromatic rings. The van der Waals surface area contributed by atoms with Gasteiger partial charge in [-0.15, -0.1) is 0 Å². The Morgan fingerprint density at radius 1 is 1.03 bits per heavy atom. The van der Waals surface area contributed by atoms with Crippen LogP contribution < -0.4 is 9.47 Å². The lowest BCUT2D eigenvalue weighted by Gasteiger charge is -2.09. The van der Waals surface area contributed by atoms with Gasteiger partial charge in [-0.25, -0.2) is 0 Å². The highest BCUT2D eigenvalue weighted by Crippen LogP contribution is 2.38. The number of hydrazone groups is 1. The third kappa shape index (κ3) is 4.49. The number of nitrogens with zero attached hydrogens (tertiary/aromatic N) is 2. The number of rotatable bonds is 5. The van der Waals surface area contributed by atoms with Crippen LogP contribution in [0.25, 0.3) is 6.08 Å². The molecule has 7 nitrogen and oxygen atoms in total. The van der Waals surface area contributed by atoms with Gasteiger partial charge in [0.1, 0.15) is 0 Å². The fourth-order valence-corrected chi connectivity index (χ4v) is 4.06. The zero-order chi connectivity index (χ0) is 22.0. The third-order valence-corrected chi connectivity index (χ3v) is 5.91. The first-order chi connectivity index (χ1) is 14.2. The van der Waals surface area contributed by atoms with Gasteiger partial charge in [0.2, 0.25) is 0 Å². The first-order valence-corrected chi connectivity index (χ1v) is 10.2. The van der Waals surface area contributed by atoms with E-state index in [2.05, 4.69) is 5.10 Å². The largest absolute Gasteiger partial charge is 0.504 e. The molecule has 1 fully saturated rings. The van der Waals surface area contributed by atoms with E-state index in [1.54, 1.807) is 0 Å². The molecule has 1 aliphatic rings. The summed E-state index contributed by atoms with van der Waals surface area (Å²) < 4.78 is 10.3. The van der Waals surface area contributed by atoms with Crippen LogP contribution in [0.3, 0.4) is 0 Å². The number of aromatic hydroxyl groups is 2. The molecule has 1 amide bonds. The van der Waals surface area contributed by atoms with Gasteiger partial charge >= 0.3 is 0 Å². The summed E-state index contributed by atoms with van der Waals surface area (Å²) >= 11 is 18.6. The average molecular weight is 485 g/mol. The van der Waals surface area contributed by atoms with Crippen LogP contribution in [0.4, 0.5) is 0 Å². The van der Waals surface area contributed by atoms with Crippen molar-refractivity contribution in [2.24, 2.45) is 5.10 Å². The van der Waals surface area contributed by atoms with Crippen LogP contribution in [0.1, 0.15) is 11.1 Å². The number of phenolic OH excluding ortho intramolecular Hbond substituents is 2. The molecule has 11 heteroatoms. The van der Waals surface area contributed by atoms with Crippen molar-refractivity contribution in [3.63, 3.8) is 0 Å². The van der Waals surface area contributed by atoms with Gasteiger partial charge in [-0.2, -0.15) is 10.1 Å². The van der Waals surface area contributed by atoms with E-state index in [0.717, 1.165) is 16.8 Å². The second-order valence-electron chi connectivity index (χ2n) is 5.83. The number of benzene rings is 2. The summed E-state index contributed by atoms with van der Waals surface area (Å²) in [5, 5.41) is 25.2. The molecule has 156 valence electrons. The summed E-state index contributed by atoms with van der Waals surface area (Å²) in [5.41, 5.74) is 0.901. The predicted octanol–water partition coefficient (Wildman–Crippen LogP) is 4.66. The summed E-state index contributed by atoms with van der Waals surface area (Å²) in [5.74, 6) is -0.254. The highest BCUT2D eigenvalue weighted by Gasteiger charge is 2.32. The smallest absolute Gasteiger partial charge is 0.286 e. The third-order valence-electron chi connectivity index (χ3n) is 3.97. The minimum atomic E-state index is -0.453. The minimum Gasteiger partial charge on any atom is -0.504 e. The molecule has 0 bridgehead atoms. The number of ether oxygens (including phenoxy) is 2. The van der Waals surface area contributed by atoms with E-state index in [-0.39, 0.29) is 37.4 Å². The maximum absolute atomic E-state index is 12.8. The number of hydrogen-bond acceptors (Lipinski definition) is 8. The van der Waals surface area contributed by atoms with Crippen LogP contribution in [0, 0.1) is 0 Å². The van der Waals surface area contributed by atoms with E-state index < -0.39 is 5.91 Å². The monoisotopic (exact) mass is 484 g/mol. The van der Waals surface area contributed by atoms with E-state index in [0.29, 0.717) is 16.0 Å². The SMILES string of the molecule is COc1cc(/C=C2\SC(=S)N(/N=C/c3cc(OC)c(O)cc3Cl)C2=O)c(Cl)cc1O. The fourth-order valence-electron chi connectivity index (χ4n) is 2.47. The van der Waals surface area contributed by atoms with Crippen LogP contribution in [0.2, 0.25) is 10.0 Å². The van der Waals surface area contributed by atoms with Gasteiger partial charge in [0.05, 0.1) is 35.4 Å². The van der Waals surface area contributed by atoms with Gasteiger partial charge < -0.3 is 19.7 Å². The second kappa shape index (κ2) is 9.13. The lowest BCUT2D eigenvalue weighted by atomic mass is 10.2. The van der Waals surface area contributed by atoms with Crippen molar-refractivity contribution in [2.75, 3.05) is 14.2 Å². The van der Waals surface area contributed by atoms with Crippen molar-refractivity contribution in [1.82, 2.24) is 5.01 Å². The predicted molar refractivity (Wildman–Crippen MR) is 122 cm³/mol. The lowest BCUT2D eigenvalue weighted by molar-refractivity contribution is -0.122. The number of phenols is 2. The Bertz CT molecular complexity index is 1100. The van der Waals surface area contributed by atoms with E-state index in [1.165, 1.54) is 50.8 Å². The summed E-state index contributed by atoms with van der Waals surface area (Å²) in [7, 11) is 2.81. The normalized spacial score (nSPS) is 15.5. The molecule has 1 aliphatic heterocycles. The molecule has 0 radical (unpaired) electrons. The number of methoxy groups -OCH3 is 2. The van der Waals surface area contributed by atoms with Gasteiger partial charge in [0.15, 0.2) is 27.3 Å². The van der Waals surface area contributed by atoms with Crippen molar-refractivity contribution >= 4 is 69.7 Å². The van der Waals surface area contributed by atoms with Crippen molar-refractivity contribution in [3.05, 3.63) is 50.3 Å². The second-order valence-corrected chi connectivity index (χ2v) is 8.32. The van der Waals surface area contributed by atoms with Crippen molar-refractivity contribution in [2.45, 2.75) is 0 Å². The van der Waals surface area contributed by atoms with Crippen LogP contribution >= 0.6 is 47.2 Å². The van der Waals surface area contributed by atoms with Crippen molar-refractivity contribution in [1.29, 1.82) is 0 Å². The first-order valence-electron chi connectivity index (χ1n) is 8.20. The molecule has 2 N–H and O–H groups in total. The molecule has 1 saturated heterocycles. The van der Waals surface area contributed by atoms with Gasteiger partial charge in [0.25, 0.3) is 5.91 Å². The highest BCUT2D eigenvalue weighted by molar-refractivity contribution is 8.26. The Hall–Kier alpha value is -2.46. The molecular weight excluding hydrogens is 471 g/mol. The highest BCUT2D eigenvalue weighted by atomic mass is 35.5. The molecule has 1 heterocycles. The Labute approximate surface area is 191 Å². The molecule has 3 rings (SSSR count). The average Bonchev–Trinajstić information content (AvgIpc) is 2.96. The molecule has 0 saturated carbocycles. The molecule has 2 aromatic carbocycles. The maximum Gasteiger partial charge on any atom is 0.286 e. The summed E-state index contributed by atoms with van der Waals surface area (Å²) in [6, 6.07) is 5.63. The number of carbonyl (C=O) groups is 1. The van der Waals surface area contributed by atoms with Crippen molar-refractivity contribution in [3.8, 4) is 23.0 Å². The molecule has 0 aliphatic carbocycles. The molecule has 0 spiro atoms. The van der Waals surface area contributed by atoms with Crippen LogP contribution in [-0.2, 0) is 4.79 Å². The Balaban J connectivity index is 1.89. The number of hydrogen-bond donors (Lipinski definition) is 2. The van der Waals surface area contributed by atoms with E-state index in [9.17, 15) is 15.0 Å². The molecule has 30 heavy (non-hydrogen) atoms. The maximum atomic E-state index is 12.8. The standard InChI is InChI=1S/C19H14Cl2N2O5S2/c1-27-15-3-9(11(20)6-13(15)24)5-17-18(26)23(19(29)30-17)22-8-10-4-16(28-2)14(25)7-12(10)21/h3-8,24-25H,1-2H3/b17-5-,22-8+.